The van der Waals surface area contributed by atoms with Crippen molar-refractivity contribution < 1.29 is 19.2 Å². The molecule has 0 aromatic heterocycles. The van der Waals surface area contributed by atoms with Crippen molar-refractivity contribution in [2.75, 3.05) is 11.9 Å². The van der Waals surface area contributed by atoms with Gasteiger partial charge in [-0.1, -0.05) is 30.3 Å². The molecule has 0 aliphatic rings. The monoisotopic (exact) mass is 318 g/mol. The van der Waals surface area contributed by atoms with Crippen molar-refractivity contribution in [1.82, 2.24) is 0 Å². The molecule has 0 aliphatic heterocycles. The lowest BCUT2D eigenvalue weighted by Crippen LogP contribution is -2.20. The predicted molar refractivity (Wildman–Crippen MR) is 82.9 cm³/mol. The number of anilines is 1. The maximum atomic E-state index is 14.3. The van der Waals surface area contributed by atoms with Crippen LogP contribution in [0.4, 0.5) is 15.8 Å². The van der Waals surface area contributed by atoms with Gasteiger partial charge in [-0.15, -0.1) is 0 Å². The molecule has 1 N–H and O–H groups in total. The normalized spacial score (nSPS) is 10.3. The Morgan fingerprint density at radius 2 is 1.96 bits per heavy atom. The zero-order chi connectivity index (χ0) is 17.0. The van der Waals surface area contributed by atoms with Gasteiger partial charge in [0, 0.05) is 19.7 Å². The zero-order valence-corrected chi connectivity index (χ0v) is 12.4. The number of carboxylic acids is 1. The van der Waals surface area contributed by atoms with Crippen LogP contribution in [0.2, 0.25) is 0 Å². The highest BCUT2D eigenvalue weighted by atomic mass is 19.1. The maximum absolute atomic E-state index is 14.3. The maximum Gasteiger partial charge on any atom is 0.307 e. The van der Waals surface area contributed by atoms with Gasteiger partial charge >= 0.3 is 5.97 Å². The van der Waals surface area contributed by atoms with Gasteiger partial charge in [-0.25, -0.2) is 4.39 Å². The summed E-state index contributed by atoms with van der Waals surface area (Å²) in [6, 6.07) is 11.2. The second-order valence-electron chi connectivity index (χ2n) is 5.10. The quantitative estimate of drug-likeness (QED) is 0.654. The molecule has 0 spiro atoms. The van der Waals surface area contributed by atoms with E-state index in [0.29, 0.717) is 6.54 Å². The van der Waals surface area contributed by atoms with Gasteiger partial charge in [0.25, 0.3) is 5.69 Å². The summed E-state index contributed by atoms with van der Waals surface area (Å²) in [4.78, 5) is 22.6. The smallest absolute Gasteiger partial charge is 0.307 e. The molecular weight excluding hydrogens is 303 g/mol. The molecule has 0 saturated carbocycles. The first kappa shape index (κ1) is 16.4. The first-order valence-corrected chi connectivity index (χ1v) is 6.82. The summed E-state index contributed by atoms with van der Waals surface area (Å²) in [7, 11) is 1.61. The number of halogens is 1. The minimum Gasteiger partial charge on any atom is -0.481 e. The molecule has 0 atom stereocenters. The molecule has 0 bridgehead atoms. The highest BCUT2D eigenvalue weighted by Crippen LogP contribution is 2.30. The Morgan fingerprint density at radius 1 is 1.30 bits per heavy atom. The number of aliphatic carboxylic acids is 1. The van der Waals surface area contributed by atoms with Crippen molar-refractivity contribution in [1.29, 1.82) is 0 Å². The van der Waals surface area contributed by atoms with E-state index in [1.54, 1.807) is 11.9 Å². The van der Waals surface area contributed by atoms with E-state index < -0.39 is 28.8 Å². The summed E-state index contributed by atoms with van der Waals surface area (Å²) in [6.07, 6.45) is -0.493. The Morgan fingerprint density at radius 3 is 2.52 bits per heavy atom. The van der Waals surface area contributed by atoms with Crippen molar-refractivity contribution >= 4 is 17.3 Å². The van der Waals surface area contributed by atoms with E-state index in [1.165, 1.54) is 0 Å². The lowest BCUT2D eigenvalue weighted by Gasteiger charge is -2.22. The van der Waals surface area contributed by atoms with Crippen molar-refractivity contribution in [2.24, 2.45) is 0 Å². The van der Waals surface area contributed by atoms with Crippen LogP contribution < -0.4 is 4.90 Å². The van der Waals surface area contributed by atoms with Gasteiger partial charge in [0.2, 0.25) is 0 Å². The summed E-state index contributed by atoms with van der Waals surface area (Å²) < 4.78 is 14.3. The fourth-order valence-electron chi connectivity index (χ4n) is 2.41. The number of hydrogen-bond donors (Lipinski definition) is 1. The molecule has 6 nitrogen and oxygen atoms in total. The second-order valence-corrected chi connectivity index (χ2v) is 5.10. The largest absolute Gasteiger partial charge is 0.481 e. The van der Waals surface area contributed by atoms with E-state index in [9.17, 15) is 19.3 Å². The average Bonchev–Trinajstić information content (AvgIpc) is 2.46. The van der Waals surface area contributed by atoms with Gasteiger partial charge in [-0.05, 0) is 11.1 Å². The lowest BCUT2D eigenvalue weighted by molar-refractivity contribution is -0.385. The van der Waals surface area contributed by atoms with E-state index in [4.69, 9.17) is 5.11 Å². The molecule has 2 aromatic carbocycles. The van der Waals surface area contributed by atoms with Crippen LogP contribution in [0, 0.1) is 15.9 Å². The Kier molecular flexibility index (Phi) is 4.90. The Bertz CT molecular complexity index is 734. The van der Waals surface area contributed by atoms with Crippen LogP contribution in [0.3, 0.4) is 0 Å². The van der Waals surface area contributed by atoms with E-state index in [1.807, 2.05) is 30.3 Å². The van der Waals surface area contributed by atoms with E-state index in [-0.39, 0.29) is 11.3 Å². The number of rotatable bonds is 6. The number of nitrogens with zero attached hydrogens (tertiary/aromatic N) is 2. The van der Waals surface area contributed by atoms with Crippen molar-refractivity contribution in [3.05, 3.63) is 69.5 Å². The van der Waals surface area contributed by atoms with Crippen LogP contribution in [0.25, 0.3) is 0 Å². The predicted octanol–water partition coefficient (Wildman–Crippen LogP) is 3.00. The first-order chi connectivity index (χ1) is 10.9. The van der Waals surface area contributed by atoms with Crippen LogP contribution in [-0.2, 0) is 17.8 Å². The molecule has 23 heavy (non-hydrogen) atoms. The Balaban J connectivity index is 2.42. The molecule has 0 unspecified atom stereocenters. The average molecular weight is 318 g/mol. The molecule has 2 rings (SSSR count). The number of nitro benzene ring substituents is 1. The van der Waals surface area contributed by atoms with E-state index in [0.717, 1.165) is 17.7 Å². The molecule has 120 valence electrons. The first-order valence-electron chi connectivity index (χ1n) is 6.82. The van der Waals surface area contributed by atoms with Crippen molar-refractivity contribution in [3.8, 4) is 0 Å². The number of carbonyl (C=O) groups is 1. The summed E-state index contributed by atoms with van der Waals surface area (Å²) in [5, 5.41) is 19.8. The molecule has 0 aliphatic carbocycles. The minimum atomic E-state index is -1.18. The fraction of sp³-hybridized carbons (Fsp3) is 0.188. The van der Waals surface area contributed by atoms with Gasteiger partial charge in [0.1, 0.15) is 0 Å². The Hall–Kier alpha value is -2.96. The van der Waals surface area contributed by atoms with Gasteiger partial charge in [0.15, 0.2) is 5.82 Å². The molecular formula is C16H15FN2O4. The molecule has 0 heterocycles. The molecule has 0 fully saturated rings. The van der Waals surface area contributed by atoms with Crippen molar-refractivity contribution in [2.45, 2.75) is 13.0 Å². The van der Waals surface area contributed by atoms with Gasteiger partial charge in [-0.3, -0.25) is 14.9 Å². The van der Waals surface area contributed by atoms with Crippen LogP contribution in [-0.4, -0.2) is 23.0 Å². The summed E-state index contributed by atoms with van der Waals surface area (Å²) >= 11 is 0. The van der Waals surface area contributed by atoms with Crippen LogP contribution in [0.5, 0.6) is 0 Å². The summed E-state index contributed by atoms with van der Waals surface area (Å²) in [6.45, 7) is 0.349. The summed E-state index contributed by atoms with van der Waals surface area (Å²) in [5.74, 6) is -1.99. The Labute approximate surface area is 131 Å². The SMILES string of the molecule is CN(Cc1ccccc1)c1c(F)cc([N+](=O)[O-])cc1CC(=O)O. The molecule has 2 aromatic rings. The molecule has 7 heteroatoms. The number of non-ortho nitro benzene ring substituents is 1. The third-order valence-electron chi connectivity index (χ3n) is 3.32. The third-order valence-corrected chi connectivity index (χ3v) is 3.32. The molecule has 0 radical (unpaired) electrons. The minimum absolute atomic E-state index is 0.0573. The lowest BCUT2D eigenvalue weighted by atomic mass is 10.1. The third kappa shape index (κ3) is 4.03. The molecule has 0 amide bonds. The van der Waals surface area contributed by atoms with Crippen LogP contribution in [0.15, 0.2) is 42.5 Å². The number of benzene rings is 2. The number of nitro groups is 1. The fourth-order valence-corrected chi connectivity index (χ4v) is 2.41. The zero-order valence-electron chi connectivity index (χ0n) is 12.4. The van der Waals surface area contributed by atoms with Crippen molar-refractivity contribution in [3.63, 3.8) is 0 Å². The van der Waals surface area contributed by atoms with Gasteiger partial charge in [0.05, 0.1) is 23.1 Å². The van der Waals surface area contributed by atoms with Gasteiger partial charge in [-0.2, -0.15) is 0 Å². The number of carboxylic acid groups (broad SMARTS) is 1. The topological polar surface area (TPSA) is 83.7 Å². The molecule has 0 saturated heterocycles. The van der Waals surface area contributed by atoms with Gasteiger partial charge < -0.3 is 10.0 Å². The van der Waals surface area contributed by atoms with E-state index >= 15 is 0 Å². The summed E-state index contributed by atoms with van der Waals surface area (Å²) in [5.41, 5.74) is 0.578. The standard InChI is InChI=1S/C16H15FN2O4/c1-18(10-11-5-3-2-4-6-11)16-12(8-15(20)21)7-13(19(22)23)9-14(16)17/h2-7,9H,8,10H2,1H3,(H,20,21). The highest BCUT2D eigenvalue weighted by Gasteiger charge is 2.21. The second kappa shape index (κ2) is 6.87. The van der Waals surface area contributed by atoms with E-state index in [2.05, 4.69) is 0 Å². The highest BCUT2D eigenvalue weighted by molar-refractivity contribution is 5.74. The van der Waals surface area contributed by atoms with Crippen LogP contribution in [0.1, 0.15) is 11.1 Å². The van der Waals surface area contributed by atoms with Crippen LogP contribution >= 0.6 is 0 Å². The number of hydrogen-bond acceptors (Lipinski definition) is 4.